The van der Waals surface area contributed by atoms with Crippen LogP contribution >= 0.6 is 0 Å². The van der Waals surface area contributed by atoms with E-state index in [1.807, 2.05) is 0 Å². The Hall–Kier alpha value is -0.0800. The zero-order chi connectivity index (χ0) is 9.76. The van der Waals surface area contributed by atoms with Crippen LogP contribution in [0.4, 0.5) is 0 Å². The van der Waals surface area contributed by atoms with Crippen molar-refractivity contribution < 1.29 is 4.74 Å². The van der Waals surface area contributed by atoms with Gasteiger partial charge in [0.2, 0.25) is 0 Å². The van der Waals surface area contributed by atoms with Gasteiger partial charge in [-0.05, 0) is 57.3 Å². The molecule has 0 saturated heterocycles. The van der Waals surface area contributed by atoms with Crippen molar-refractivity contribution in [2.45, 2.75) is 63.2 Å². The van der Waals surface area contributed by atoms with Crippen molar-refractivity contribution in [3.05, 3.63) is 0 Å². The molecule has 0 aromatic heterocycles. The van der Waals surface area contributed by atoms with Gasteiger partial charge in [-0.3, -0.25) is 0 Å². The zero-order valence-corrected chi connectivity index (χ0v) is 9.04. The standard InChI is InChI=1S/C12H21NO/c1-12(13)6-8-4-11(5-9(8)7-12)14-10-2-3-10/h8-11H,2-7,13H2,1H3/t8-,9+,11-,12+. The molecule has 80 valence electrons. The van der Waals surface area contributed by atoms with Gasteiger partial charge in [-0.2, -0.15) is 0 Å². The molecule has 0 unspecified atom stereocenters. The van der Waals surface area contributed by atoms with E-state index in [4.69, 9.17) is 10.5 Å². The van der Waals surface area contributed by atoms with Crippen LogP contribution in [0.15, 0.2) is 0 Å². The predicted octanol–water partition coefficient (Wildman–Crippen LogP) is 2.07. The summed E-state index contributed by atoms with van der Waals surface area (Å²) >= 11 is 0. The average Bonchev–Trinajstić information content (AvgIpc) is 2.70. The molecule has 2 heteroatoms. The molecule has 0 amide bonds. The summed E-state index contributed by atoms with van der Waals surface area (Å²) in [5.41, 5.74) is 6.31. The van der Waals surface area contributed by atoms with Crippen LogP contribution in [-0.4, -0.2) is 17.7 Å². The maximum absolute atomic E-state index is 6.19. The summed E-state index contributed by atoms with van der Waals surface area (Å²) in [5, 5.41) is 0. The van der Waals surface area contributed by atoms with Gasteiger partial charge >= 0.3 is 0 Å². The van der Waals surface area contributed by atoms with E-state index >= 15 is 0 Å². The fraction of sp³-hybridized carbons (Fsp3) is 1.00. The second kappa shape index (κ2) is 2.96. The maximum Gasteiger partial charge on any atom is 0.0584 e. The van der Waals surface area contributed by atoms with Crippen molar-refractivity contribution in [1.29, 1.82) is 0 Å². The summed E-state index contributed by atoms with van der Waals surface area (Å²) in [6.07, 6.45) is 8.84. The number of rotatable bonds is 2. The lowest BCUT2D eigenvalue weighted by Gasteiger charge is -2.20. The minimum Gasteiger partial charge on any atom is -0.375 e. The monoisotopic (exact) mass is 195 g/mol. The average molecular weight is 195 g/mol. The molecule has 0 spiro atoms. The van der Waals surface area contributed by atoms with Crippen molar-refractivity contribution in [1.82, 2.24) is 0 Å². The first-order valence-electron chi connectivity index (χ1n) is 6.07. The molecular weight excluding hydrogens is 174 g/mol. The molecule has 3 fully saturated rings. The molecule has 0 aromatic carbocycles. The molecule has 0 bridgehead atoms. The highest BCUT2D eigenvalue weighted by atomic mass is 16.5. The molecule has 14 heavy (non-hydrogen) atoms. The Bertz CT molecular complexity index is 218. The van der Waals surface area contributed by atoms with Gasteiger partial charge in [0.1, 0.15) is 0 Å². The highest BCUT2D eigenvalue weighted by Gasteiger charge is 2.46. The Labute approximate surface area is 86.2 Å². The molecular formula is C12H21NO. The van der Waals surface area contributed by atoms with Gasteiger partial charge in [-0.15, -0.1) is 0 Å². The Balaban J connectivity index is 1.57. The molecule has 2 nitrogen and oxygen atoms in total. The Morgan fingerprint density at radius 3 is 2.14 bits per heavy atom. The first-order valence-corrected chi connectivity index (χ1v) is 6.07. The van der Waals surface area contributed by atoms with Gasteiger partial charge in [-0.1, -0.05) is 0 Å². The van der Waals surface area contributed by atoms with Crippen LogP contribution in [0.3, 0.4) is 0 Å². The van der Waals surface area contributed by atoms with E-state index < -0.39 is 0 Å². The molecule has 3 aliphatic carbocycles. The van der Waals surface area contributed by atoms with E-state index in [1.54, 1.807) is 0 Å². The molecule has 0 heterocycles. The van der Waals surface area contributed by atoms with Crippen LogP contribution < -0.4 is 5.73 Å². The van der Waals surface area contributed by atoms with Crippen LogP contribution in [0.2, 0.25) is 0 Å². The molecule has 0 aromatic rings. The number of hydrogen-bond donors (Lipinski definition) is 1. The molecule has 2 N–H and O–H groups in total. The smallest absolute Gasteiger partial charge is 0.0584 e. The quantitative estimate of drug-likeness (QED) is 0.732. The van der Waals surface area contributed by atoms with E-state index in [0.29, 0.717) is 12.2 Å². The lowest BCUT2D eigenvalue weighted by atomic mass is 9.97. The van der Waals surface area contributed by atoms with Crippen molar-refractivity contribution in [2.24, 2.45) is 17.6 Å². The Morgan fingerprint density at radius 2 is 1.64 bits per heavy atom. The number of nitrogens with two attached hydrogens (primary N) is 1. The Kier molecular flexibility index (Phi) is 1.94. The number of ether oxygens (including phenoxy) is 1. The van der Waals surface area contributed by atoms with Crippen molar-refractivity contribution in [3.8, 4) is 0 Å². The van der Waals surface area contributed by atoms with E-state index in [2.05, 4.69) is 6.92 Å². The first kappa shape index (κ1) is 9.17. The summed E-state index contributed by atoms with van der Waals surface area (Å²) < 4.78 is 5.99. The lowest BCUT2D eigenvalue weighted by Crippen LogP contribution is -2.33. The topological polar surface area (TPSA) is 35.2 Å². The molecule has 3 aliphatic rings. The van der Waals surface area contributed by atoms with Gasteiger partial charge in [0.05, 0.1) is 12.2 Å². The van der Waals surface area contributed by atoms with E-state index in [1.165, 1.54) is 38.5 Å². The molecule has 0 aliphatic heterocycles. The fourth-order valence-electron chi connectivity index (χ4n) is 3.53. The number of fused-ring (bicyclic) bond motifs is 1. The number of hydrogen-bond acceptors (Lipinski definition) is 2. The van der Waals surface area contributed by atoms with Crippen LogP contribution in [0, 0.1) is 11.8 Å². The highest BCUT2D eigenvalue weighted by Crippen LogP contribution is 2.49. The SMILES string of the molecule is C[C@]1(N)C[C@H]2C[C@@H](OC3CC3)C[C@H]2C1. The van der Waals surface area contributed by atoms with E-state index in [0.717, 1.165) is 11.8 Å². The van der Waals surface area contributed by atoms with Gasteiger partial charge in [0, 0.05) is 5.54 Å². The Morgan fingerprint density at radius 1 is 1.07 bits per heavy atom. The normalized spacial score (nSPS) is 52.3. The minimum atomic E-state index is 0.125. The van der Waals surface area contributed by atoms with Gasteiger partial charge in [0.25, 0.3) is 0 Å². The van der Waals surface area contributed by atoms with Crippen LogP contribution in [0.5, 0.6) is 0 Å². The lowest BCUT2D eigenvalue weighted by molar-refractivity contribution is 0.0381. The highest BCUT2D eigenvalue weighted by molar-refractivity contribution is 5.00. The summed E-state index contributed by atoms with van der Waals surface area (Å²) in [7, 11) is 0. The first-order chi connectivity index (χ1) is 6.62. The molecule has 3 rings (SSSR count). The summed E-state index contributed by atoms with van der Waals surface area (Å²) in [6, 6.07) is 0. The van der Waals surface area contributed by atoms with Crippen LogP contribution in [0.25, 0.3) is 0 Å². The van der Waals surface area contributed by atoms with Crippen molar-refractivity contribution in [2.75, 3.05) is 0 Å². The molecule has 0 radical (unpaired) electrons. The third kappa shape index (κ3) is 1.70. The summed E-state index contributed by atoms with van der Waals surface area (Å²) in [4.78, 5) is 0. The van der Waals surface area contributed by atoms with E-state index in [-0.39, 0.29) is 5.54 Å². The van der Waals surface area contributed by atoms with Gasteiger partial charge < -0.3 is 10.5 Å². The van der Waals surface area contributed by atoms with E-state index in [9.17, 15) is 0 Å². The minimum absolute atomic E-state index is 0.125. The largest absolute Gasteiger partial charge is 0.375 e. The fourth-order valence-corrected chi connectivity index (χ4v) is 3.53. The third-order valence-corrected chi connectivity index (χ3v) is 4.16. The summed E-state index contributed by atoms with van der Waals surface area (Å²) in [5.74, 6) is 1.74. The third-order valence-electron chi connectivity index (χ3n) is 4.16. The van der Waals surface area contributed by atoms with Gasteiger partial charge in [-0.25, -0.2) is 0 Å². The second-order valence-electron chi connectivity index (χ2n) is 6.01. The van der Waals surface area contributed by atoms with Crippen LogP contribution in [-0.2, 0) is 4.74 Å². The van der Waals surface area contributed by atoms with Crippen LogP contribution in [0.1, 0.15) is 45.4 Å². The molecule has 3 saturated carbocycles. The molecule has 4 atom stereocenters. The van der Waals surface area contributed by atoms with Crippen molar-refractivity contribution >= 4 is 0 Å². The second-order valence-corrected chi connectivity index (χ2v) is 6.01. The zero-order valence-electron chi connectivity index (χ0n) is 9.04. The maximum atomic E-state index is 6.19. The summed E-state index contributed by atoms with van der Waals surface area (Å²) in [6.45, 7) is 2.21. The van der Waals surface area contributed by atoms with Gasteiger partial charge in [0.15, 0.2) is 0 Å². The van der Waals surface area contributed by atoms with Crippen molar-refractivity contribution in [3.63, 3.8) is 0 Å². The predicted molar refractivity (Wildman–Crippen MR) is 55.9 cm³/mol.